The van der Waals surface area contributed by atoms with Gasteiger partial charge in [0.15, 0.2) is 5.78 Å². The van der Waals surface area contributed by atoms with Crippen molar-refractivity contribution >= 4 is 55.6 Å². The highest BCUT2D eigenvalue weighted by Crippen LogP contribution is 2.40. The summed E-state index contributed by atoms with van der Waals surface area (Å²) < 4.78 is 1.82. The number of fused-ring (bicyclic) bond motifs is 5. The number of carbonyl (C=O) groups excluding carboxylic acids is 1. The topological polar surface area (TPSA) is 60.2 Å². The number of halogens is 1. The van der Waals surface area contributed by atoms with Crippen molar-refractivity contribution in [2.24, 2.45) is 5.92 Å². The van der Waals surface area contributed by atoms with Crippen LogP contribution in [0.5, 0.6) is 0 Å². The van der Waals surface area contributed by atoms with Crippen LogP contribution in [0, 0.1) is 5.92 Å². The van der Waals surface area contributed by atoms with Crippen LogP contribution >= 0.6 is 11.6 Å². The van der Waals surface area contributed by atoms with Crippen LogP contribution in [0.3, 0.4) is 0 Å². The Morgan fingerprint density at radius 2 is 1.96 bits per heavy atom. The van der Waals surface area contributed by atoms with E-state index in [-0.39, 0.29) is 5.78 Å². The van der Waals surface area contributed by atoms with E-state index >= 15 is 0 Å². The molecule has 3 heterocycles. The van der Waals surface area contributed by atoms with Crippen LogP contribution in [0.1, 0.15) is 29.4 Å². The smallest absolute Gasteiger partial charge is 0.165 e. The fourth-order valence-electron chi connectivity index (χ4n) is 4.41. The Kier molecular flexibility index (Phi) is 2.59. The van der Waals surface area contributed by atoms with Crippen molar-refractivity contribution in [3.63, 3.8) is 0 Å². The summed E-state index contributed by atoms with van der Waals surface area (Å²) in [6, 6.07) is 9.63. The average molecular weight is 361 g/mol. The highest BCUT2D eigenvalue weighted by Gasteiger charge is 2.29. The molecule has 0 saturated carbocycles. The van der Waals surface area contributed by atoms with Gasteiger partial charge in [0, 0.05) is 33.2 Å². The molecule has 6 heteroatoms. The Morgan fingerprint density at radius 3 is 2.85 bits per heavy atom. The second kappa shape index (κ2) is 4.68. The molecule has 3 aromatic heterocycles. The Hall–Kier alpha value is -2.79. The van der Waals surface area contributed by atoms with Crippen molar-refractivity contribution in [1.29, 1.82) is 0 Å². The number of pyridine rings is 2. The maximum Gasteiger partial charge on any atom is 0.165 e. The predicted molar refractivity (Wildman–Crippen MR) is 101 cm³/mol. The lowest BCUT2D eigenvalue weighted by Crippen LogP contribution is -2.20. The van der Waals surface area contributed by atoms with Crippen LogP contribution in [0.15, 0.2) is 30.3 Å². The maximum atomic E-state index is 13.0. The highest BCUT2D eigenvalue weighted by atomic mass is 35.5. The molecule has 0 bridgehead atoms. The number of aromatic nitrogens is 4. The zero-order chi connectivity index (χ0) is 17.6. The number of nitrogens with zero attached hydrogens (tertiary/aromatic N) is 4. The van der Waals surface area contributed by atoms with Gasteiger partial charge >= 0.3 is 0 Å². The number of Topliss-reactive ketones (excluding diaryl/α,β-unsaturated/α-hetero) is 1. The largest absolute Gasteiger partial charge is 0.294 e. The number of hydrogen-bond acceptors (Lipinski definition) is 4. The summed E-state index contributed by atoms with van der Waals surface area (Å²) in [6.45, 7) is 2.11. The lowest BCUT2D eigenvalue weighted by atomic mass is 9.83. The molecule has 0 fully saturated rings. The van der Waals surface area contributed by atoms with Gasteiger partial charge < -0.3 is 0 Å². The summed E-state index contributed by atoms with van der Waals surface area (Å²) in [5.41, 5.74) is 5.10. The summed E-state index contributed by atoms with van der Waals surface area (Å²) in [4.78, 5) is 17.8. The van der Waals surface area contributed by atoms with E-state index in [1.54, 1.807) is 0 Å². The molecule has 26 heavy (non-hydrogen) atoms. The molecular weight excluding hydrogens is 348 g/mol. The molecule has 1 unspecified atom stereocenters. The van der Waals surface area contributed by atoms with Crippen LogP contribution in [0.25, 0.3) is 38.2 Å². The van der Waals surface area contributed by atoms with E-state index in [9.17, 15) is 4.79 Å². The lowest BCUT2D eigenvalue weighted by molar-refractivity contribution is 0.0954. The average Bonchev–Trinajstić information content (AvgIpc) is 3.04. The fourth-order valence-corrected chi connectivity index (χ4v) is 4.58. The maximum absolute atomic E-state index is 13.0. The van der Waals surface area contributed by atoms with Crippen LogP contribution in [-0.2, 0) is 6.42 Å². The third kappa shape index (κ3) is 1.66. The van der Waals surface area contributed by atoms with Crippen molar-refractivity contribution in [2.75, 3.05) is 0 Å². The molecule has 2 aromatic carbocycles. The summed E-state index contributed by atoms with van der Waals surface area (Å²) in [5.74, 6) is 0.485. The second-order valence-electron chi connectivity index (χ2n) is 7.24. The second-order valence-corrected chi connectivity index (χ2v) is 7.67. The standard InChI is InChI=1S/C20H13ClN4O/c1-9-6-14-18(16(26)7-9)17-11-3-2-10(21)8-15(11)25-20-13(23-24-25)5-4-12(22-14)19(17)20/h2-5,8-9H,6-7H2,1H3. The number of rotatable bonds is 0. The Balaban J connectivity index is 1.99. The summed E-state index contributed by atoms with van der Waals surface area (Å²) in [6.07, 6.45) is 1.38. The normalized spacial score (nSPS) is 17.8. The molecule has 6 rings (SSSR count). The van der Waals surface area contributed by atoms with Gasteiger partial charge in [0.1, 0.15) is 11.0 Å². The molecule has 126 valence electrons. The van der Waals surface area contributed by atoms with Crippen LogP contribution in [-0.4, -0.2) is 25.6 Å². The van der Waals surface area contributed by atoms with Gasteiger partial charge in [0.05, 0.1) is 16.7 Å². The zero-order valence-corrected chi connectivity index (χ0v) is 14.7. The molecule has 0 aliphatic heterocycles. The third-order valence-corrected chi connectivity index (χ3v) is 5.68. The zero-order valence-electron chi connectivity index (χ0n) is 14.0. The Labute approximate surface area is 152 Å². The van der Waals surface area contributed by atoms with Crippen LogP contribution < -0.4 is 0 Å². The number of benzene rings is 2. The summed E-state index contributed by atoms with van der Waals surface area (Å²) >= 11 is 6.26. The molecule has 1 atom stereocenters. The van der Waals surface area contributed by atoms with Crippen molar-refractivity contribution in [2.45, 2.75) is 19.8 Å². The van der Waals surface area contributed by atoms with Gasteiger partial charge in [-0.05, 0) is 36.6 Å². The van der Waals surface area contributed by atoms with Gasteiger partial charge in [0.2, 0.25) is 0 Å². The van der Waals surface area contributed by atoms with E-state index in [1.165, 1.54) is 0 Å². The lowest BCUT2D eigenvalue weighted by Gasteiger charge is -2.23. The third-order valence-electron chi connectivity index (χ3n) is 5.44. The van der Waals surface area contributed by atoms with Gasteiger partial charge in [-0.1, -0.05) is 29.8 Å². The van der Waals surface area contributed by atoms with Gasteiger partial charge in [-0.2, -0.15) is 0 Å². The Bertz CT molecular complexity index is 1390. The Morgan fingerprint density at radius 1 is 1.12 bits per heavy atom. The molecule has 1 aliphatic carbocycles. The number of hydrogen-bond donors (Lipinski definition) is 0. The summed E-state index contributed by atoms with van der Waals surface area (Å²) in [5, 5.41) is 12.2. The predicted octanol–water partition coefficient (Wildman–Crippen LogP) is 4.44. The molecule has 0 radical (unpaired) electrons. The molecule has 0 spiro atoms. The molecule has 0 saturated heterocycles. The van der Waals surface area contributed by atoms with Crippen molar-refractivity contribution < 1.29 is 4.79 Å². The number of carbonyl (C=O) groups is 1. The minimum atomic E-state index is 0.168. The van der Waals surface area contributed by atoms with E-state index in [1.807, 2.05) is 34.8 Å². The first-order chi connectivity index (χ1) is 12.6. The fraction of sp³-hybridized carbons (Fsp3) is 0.200. The van der Waals surface area contributed by atoms with E-state index in [0.717, 1.165) is 55.9 Å². The van der Waals surface area contributed by atoms with Crippen molar-refractivity contribution in [3.8, 4) is 0 Å². The minimum absolute atomic E-state index is 0.168. The van der Waals surface area contributed by atoms with E-state index in [2.05, 4.69) is 17.2 Å². The number of ketones is 1. The van der Waals surface area contributed by atoms with E-state index < -0.39 is 0 Å². The summed E-state index contributed by atoms with van der Waals surface area (Å²) in [7, 11) is 0. The van der Waals surface area contributed by atoms with E-state index in [0.29, 0.717) is 17.4 Å². The van der Waals surface area contributed by atoms with E-state index in [4.69, 9.17) is 16.6 Å². The molecule has 5 nitrogen and oxygen atoms in total. The highest BCUT2D eigenvalue weighted by molar-refractivity contribution is 6.33. The molecular formula is C20H13ClN4O. The first kappa shape index (κ1) is 14.4. The van der Waals surface area contributed by atoms with Crippen LogP contribution in [0.2, 0.25) is 5.02 Å². The van der Waals surface area contributed by atoms with Gasteiger partial charge in [-0.3, -0.25) is 9.78 Å². The first-order valence-electron chi connectivity index (χ1n) is 8.66. The quantitative estimate of drug-likeness (QED) is 0.302. The first-order valence-corrected chi connectivity index (χ1v) is 9.04. The van der Waals surface area contributed by atoms with Crippen molar-refractivity contribution in [3.05, 3.63) is 46.6 Å². The molecule has 0 N–H and O–H groups in total. The molecule has 5 aromatic rings. The molecule has 0 amide bonds. The SMILES string of the molecule is CC1CC(=O)c2c(nc3ccc4nnn5c6cc(Cl)ccc6c2c3c45)C1. The molecule has 1 aliphatic rings. The van der Waals surface area contributed by atoms with Crippen molar-refractivity contribution in [1.82, 2.24) is 19.8 Å². The van der Waals surface area contributed by atoms with Gasteiger partial charge in [-0.25, -0.2) is 4.52 Å². The monoisotopic (exact) mass is 360 g/mol. The van der Waals surface area contributed by atoms with Gasteiger partial charge in [-0.15, -0.1) is 5.10 Å². The van der Waals surface area contributed by atoms with Gasteiger partial charge in [0.25, 0.3) is 0 Å². The minimum Gasteiger partial charge on any atom is -0.294 e. The van der Waals surface area contributed by atoms with Crippen LogP contribution in [0.4, 0.5) is 0 Å².